The number of nitrogens with zero attached hydrogens (tertiary/aromatic N) is 2. The van der Waals surface area contributed by atoms with Gasteiger partial charge in [-0.3, -0.25) is 0 Å². The lowest BCUT2D eigenvalue weighted by Gasteiger charge is -2.22. The third-order valence-electron chi connectivity index (χ3n) is 1.68. The third-order valence-corrected chi connectivity index (χ3v) is 1.68. The Balaban J connectivity index is 2.78. The van der Waals surface area contributed by atoms with Crippen molar-refractivity contribution >= 4 is 0 Å². The minimum atomic E-state index is 0.347. The normalized spacial score (nSPS) is 23.9. The molecule has 10 heavy (non-hydrogen) atoms. The van der Waals surface area contributed by atoms with E-state index in [9.17, 15) is 0 Å². The standard InChI is InChI=1S/C8H10N2/c1-7-5-8(6-9)3-4-10(7)2/h3-5,7H,1-2H3. The number of nitriles is 1. The molecule has 1 unspecified atom stereocenters. The zero-order valence-electron chi connectivity index (χ0n) is 6.20. The van der Waals surface area contributed by atoms with Crippen LogP contribution in [0, 0.1) is 11.3 Å². The molecule has 1 rings (SSSR count). The van der Waals surface area contributed by atoms with E-state index in [1.165, 1.54) is 0 Å². The Kier molecular flexibility index (Phi) is 1.77. The first-order valence-corrected chi connectivity index (χ1v) is 3.26. The Labute approximate surface area is 61.1 Å². The molecule has 0 amide bonds. The van der Waals surface area contributed by atoms with Gasteiger partial charge < -0.3 is 4.90 Å². The predicted molar refractivity (Wildman–Crippen MR) is 40.1 cm³/mol. The Bertz CT molecular complexity index is 220. The van der Waals surface area contributed by atoms with E-state index >= 15 is 0 Å². The van der Waals surface area contributed by atoms with Crippen LogP contribution < -0.4 is 0 Å². The average molecular weight is 134 g/mol. The summed E-state index contributed by atoms with van der Waals surface area (Å²) in [5, 5.41) is 8.51. The summed E-state index contributed by atoms with van der Waals surface area (Å²) in [6, 6.07) is 2.45. The van der Waals surface area contributed by atoms with Gasteiger partial charge in [-0.2, -0.15) is 5.26 Å². The van der Waals surface area contributed by atoms with Crippen molar-refractivity contribution in [3.63, 3.8) is 0 Å². The van der Waals surface area contributed by atoms with Crippen molar-refractivity contribution in [2.45, 2.75) is 13.0 Å². The van der Waals surface area contributed by atoms with Crippen LogP contribution in [0.5, 0.6) is 0 Å². The zero-order chi connectivity index (χ0) is 7.56. The molecule has 1 aliphatic rings. The molecule has 0 radical (unpaired) electrons. The predicted octanol–water partition coefficient (Wildman–Crippen LogP) is 1.28. The van der Waals surface area contributed by atoms with Crippen LogP contribution in [-0.4, -0.2) is 18.0 Å². The topological polar surface area (TPSA) is 27.0 Å². The van der Waals surface area contributed by atoms with Crippen molar-refractivity contribution in [1.29, 1.82) is 5.26 Å². The van der Waals surface area contributed by atoms with Crippen LogP contribution in [-0.2, 0) is 0 Å². The minimum absolute atomic E-state index is 0.347. The average Bonchev–Trinajstić information content (AvgIpc) is 1.95. The van der Waals surface area contributed by atoms with Crippen molar-refractivity contribution in [1.82, 2.24) is 4.90 Å². The molecule has 2 heteroatoms. The van der Waals surface area contributed by atoms with Crippen molar-refractivity contribution in [3.8, 4) is 6.07 Å². The molecule has 1 atom stereocenters. The number of rotatable bonds is 0. The molecule has 1 heterocycles. The van der Waals surface area contributed by atoms with Crippen molar-refractivity contribution in [3.05, 3.63) is 23.9 Å². The summed E-state index contributed by atoms with van der Waals surface area (Å²) in [5.74, 6) is 0. The van der Waals surface area contributed by atoms with Gasteiger partial charge in [-0.25, -0.2) is 0 Å². The summed E-state index contributed by atoms with van der Waals surface area (Å²) in [6.07, 6.45) is 5.68. The quantitative estimate of drug-likeness (QED) is 0.499. The van der Waals surface area contributed by atoms with Gasteiger partial charge in [0, 0.05) is 19.3 Å². The first-order valence-electron chi connectivity index (χ1n) is 3.26. The van der Waals surface area contributed by atoms with E-state index in [0.29, 0.717) is 6.04 Å². The molecule has 1 aliphatic heterocycles. The van der Waals surface area contributed by atoms with Crippen molar-refractivity contribution in [2.24, 2.45) is 0 Å². The van der Waals surface area contributed by atoms with Gasteiger partial charge in [0.05, 0.1) is 11.6 Å². The molecule has 0 spiro atoms. The molecule has 0 aliphatic carbocycles. The largest absolute Gasteiger partial charge is 0.374 e. The molecule has 0 fully saturated rings. The van der Waals surface area contributed by atoms with Crippen LogP contribution in [0.4, 0.5) is 0 Å². The minimum Gasteiger partial charge on any atom is -0.374 e. The molecule has 0 aromatic heterocycles. The fraction of sp³-hybridized carbons (Fsp3) is 0.375. The summed E-state index contributed by atoms with van der Waals surface area (Å²) in [7, 11) is 1.99. The lowest BCUT2D eigenvalue weighted by molar-refractivity contribution is 0.402. The van der Waals surface area contributed by atoms with Gasteiger partial charge in [-0.05, 0) is 19.1 Å². The van der Waals surface area contributed by atoms with E-state index in [1.54, 1.807) is 0 Å². The number of hydrogen-bond donors (Lipinski definition) is 0. The second-order valence-electron chi connectivity index (χ2n) is 2.46. The van der Waals surface area contributed by atoms with E-state index in [4.69, 9.17) is 5.26 Å². The molecular formula is C8H10N2. The highest BCUT2D eigenvalue weighted by molar-refractivity contribution is 5.36. The Hall–Kier alpha value is -1.23. The Morgan fingerprint density at radius 3 is 2.90 bits per heavy atom. The van der Waals surface area contributed by atoms with Gasteiger partial charge in [0.15, 0.2) is 0 Å². The molecule has 0 saturated carbocycles. The highest BCUT2D eigenvalue weighted by Crippen LogP contribution is 2.09. The molecule has 2 nitrogen and oxygen atoms in total. The number of hydrogen-bond acceptors (Lipinski definition) is 2. The zero-order valence-corrected chi connectivity index (χ0v) is 6.20. The Morgan fingerprint density at radius 2 is 2.40 bits per heavy atom. The highest BCUT2D eigenvalue weighted by atomic mass is 15.1. The van der Waals surface area contributed by atoms with E-state index in [-0.39, 0.29) is 0 Å². The summed E-state index contributed by atoms with van der Waals surface area (Å²) in [6.45, 7) is 2.06. The van der Waals surface area contributed by atoms with Crippen LogP contribution in [0.25, 0.3) is 0 Å². The maximum Gasteiger partial charge on any atom is 0.0989 e. The molecule has 52 valence electrons. The monoisotopic (exact) mass is 134 g/mol. The fourth-order valence-electron chi connectivity index (χ4n) is 0.841. The lowest BCUT2D eigenvalue weighted by atomic mass is 10.1. The summed E-state index contributed by atoms with van der Waals surface area (Å²) in [5.41, 5.74) is 0.755. The Morgan fingerprint density at radius 1 is 1.70 bits per heavy atom. The van der Waals surface area contributed by atoms with Gasteiger partial charge in [-0.15, -0.1) is 0 Å². The second-order valence-corrected chi connectivity index (χ2v) is 2.46. The highest BCUT2D eigenvalue weighted by Gasteiger charge is 2.06. The number of allylic oxidation sites excluding steroid dienone is 2. The molecule has 0 bridgehead atoms. The van der Waals surface area contributed by atoms with Gasteiger partial charge >= 0.3 is 0 Å². The van der Waals surface area contributed by atoms with Crippen molar-refractivity contribution < 1.29 is 0 Å². The van der Waals surface area contributed by atoms with Gasteiger partial charge in [0.1, 0.15) is 0 Å². The van der Waals surface area contributed by atoms with E-state index < -0.39 is 0 Å². The van der Waals surface area contributed by atoms with Crippen LogP contribution in [0.3, 0.4) is 0 Å². The summed E-state index contributed by atoms with van der Waals surface area (Å²) in [4.78, 5) is 2.06. The molecule has 0 aromatic carbocycles. The smallest absolute Gasteiger partial charge is 0.0989 e. The van der Waals surface area contributed by atoms with Crippen LogP contribution in [0.1, 0.15) is 6.92 Å². The fourth-order valence-corrected chi connectivity index (χ4v) is 0.841. The van der Waals surface area contributed by atoms with Gasteiger partial charge in [0.2, 0.25) is 0 Å². The maximum atomic E-state index is 8.51. The van der Waals surface area contributed by atoms with E-state index in [0.717, 1.165) is 5.57 Å². The van der Waals surface area contributed by atoms with Crippen LogP contribution >= 0.6 is 0 Å². The summed E-state index contributed by atoms with van der Waals surface area (Å²) >= 11 is 0. The molecule has 0 N–H and O–H groups in total. The molecular weight excluding hydrogens is 124 g/mol. The molecule has 0 aromatic rings. The SMILES string of the molecule is CC1C=C(C#N)C=CN1C. The number of likely N-dealkylation sites (N-methyl/N-ethyl adjacent to an activating group) is 1. The van der Waals surface area contributed by atoms with Crippen LogP contribution in [0.2, 0.25) is 0 Å². The van der Waals surface area contributed by atoms with E-state index in [2.05, 4.69) is 17.9 Å². The second kappa shape index (κ2) is 2.57. The van der Waals surface area contributed by atoms with E-state index in [1.807, 2.05) is 25.4 Å². The van der Waals surface area contributed by atoms with Gasteiger partial charge in [-0.1, -0.05) is 0 Å². The third kappa shape index (κ3) is 1.19. The molecule has 0 saturated heterocycles. The maximum absolute atomic E-state index is 8.51. The van der Waals surface area contributed by atoms with Crippen molar-refractivity contribution in [2.75, 3.05) is 7.05 Å². The van der Waals surface area contributed by atoms with Crippen LogP contribution in [0.15, 0.2) is 23.9 Å². The van der Waals surface area contributed by atoms with Gasteiger partial charge in [0.25, 0.3) is 0 Å². The lowest BCUT2D eigenvalue weighted by Crippen LogP contribution is -2.23. The first kappa shape index (κ1) is 6.88. The first-order chi connectivity index (χ1) is 4.74. The summed E-state index contributed by atoms with van der Waals surface area (Å²) < 4.78 is 0.